The van der Waals surface area contributed by atoms with Gasteiger partial charge in [0, 0.05) is 11.6 Å². The summed E-state index contributed by atoms with van der Waals surface area (Å²) in [4.78, 5) is 22.0. The summed E-state index contributed by atoms with van der Waals surface area (Å²) in [5.41, 5.74) is 0.649. The monoisotopic (exact) mass is 224 g/mol. The average Bonchev–Trinajstić information content (AvgIpc) is 2.66. The molecule has 0 atom stereocenters. The predicted molar refractivity (Wildman–Crippen MR) is 55.8 cm³/mol. The number of hydrogen-bond acceptors (Lipinski definition) is 5. The number of hydrogen-bond donors (Lipinski definition) is 0. The summed E-state index contributed by atoms with van der Waals surface area (Å²) in [7, 11) is 2.55. The van der Waals surface area contributed by atoms with Crippen molar-refractivity contribution < 1.29 is 23.5 Å². The van der Waals surface area contributed by atoms with E-state index in [0.717, 1.165) is 0 Å². The van der Waals surface area contributed by atoms with Crippen molar-refractivity contribution in [2.24, 2.45) is 0 Å². The minimum Gasteiger partial charge on any atom is -0.466 e. The molecule has 16 heavy (non-hydrogen) atoms. The van der Waals surface area contributed by atoms with Crippen LogP contribution in [0.1, 0.15) is 21.9 Å². The van der Waals surface area contributed by atoms with E-state index in [1.165, 1.54) is 26.4 Å². The molecule has 5 heteroatoms. The van der Waals surface area contributed by atoms with Gasteiger partial charge in [-0.05, 0) is 19.1 Å². The van der Waals surface area contributed by atoms with Gasteiger partial charge in [0.15, 0.2) is 0 Å². The maximum atomic E-state index is 11.2. The van der Waals surface area contributed by atoms with Crippen LogP contribution in [0, 0.1) is 6.92 Å². The van der Waals surface area contributed by atoms with E-state index in [9.17, 15) is 9.59 Å². The quantitative estimate of drug-likeness (QED) is 0.575. The molecule has 0 fully saturated rings. The van der Waals surface area contributed by atoms with Crippen LogP contribution in [-0.2, 0) is 14.3 Å². The van der Waals surface area contributed by atoms with Gasteiger partial charge in [-0.1, -0.05) is 0 Å². The zero-order chi connectivity index (χ0) is 12.1. The van der Waals surface area contributed by atoms with E-state index in [1.807, 2.05) is 0 Å². The maximum Gasteiger partial charge on any atom is 0.374 e. The van der Waals surface area contributed by atoms with Gasteiger partial charge in [-0.15, -0.1) is 0 Å². The van der Waals surface area contributed by atoms with Gasteiger partial charge in [-0.25, -0.2) is 9.59 Å². The Labute approximate surface area is 92.6 Å². The Morgan fingerprint density at radius 3 is 2.56 bits per heavy atom. The Hall–Kier alpha value is -2.04. The highest BCUT2D eigenvalue weighted by atomic mass is 16.5. The number of esters is 2. The molecule has 1 aromatic heterocycles. The summed E-state index contributed by atoms with van der Waals surface area (Å²) in [5, 5.41) is 0. The first-order valence-corrected chi connectivity index (χ1v) is 4.53. The van der Waals surface area contributed by atoms with Crippen molar-refractivity contribution in [1.82, 2.24) is 0 Å². The molecular weight excluding hydrogens is 212 g/mol. The predicted octanol–water partition coefficient (Wildman–Crippen LogP) is 1.56. The van der Waals surface area contributed by atoms with Gasteiger partial charge in [0.05, 0.1) is 14.2 Å². The molecule has 0 N–H and O–H groups in total. The first-order valence-electron chi connectivity index (χ1n) is 4.53. The smallest absolute Gasteiger partial charge is 0.374 e. The molecule has 0 saturated heterocycles. The molecule has 0 unspecified atom stereocenters. The molecule has 1 aromatic rings. The molecule has 1 rings (SSSR count). The third-order valence-electron chi connectivity index (χ3n) is 1.89. The highest BCUT2D eigenvalue weighted by Crippen LogP contribution is 2.16. The Kier molecular flexibility index (Phi) is 3.88. The largest absolute Gasteiger partial charge is 0.466 e. The molecule has 0 aromatic carbocycles. The fourth-order valence-corrected chi connectivity index (χ4v) is 1.10. The normalized spacial score (nSPS) is 10.4. The van der Waals surface area contributed by atoms with Gasteiger partial charge in [0.2, 0.25) is 5.76 Å². The van der Waals surface area contributed by atoms with Gasteiger partial charge in [0.1, 0.15) is 5.76 Å². The standard InChI is InChI=1S/C11H12O5/c1-7-6-8(4-5-9(12)14-2)16-10(7)11(13)15-3/h4-6H,1-3H3/b5-4+. The van der Waals surface area contributed by atoms with Crippen LogP contribution in [0.25, 0.3) is 6.08 Å². The lowest BCUT2D eigenvalue weighted by atomic mass is 10.2. The van der Waals surface area contributed by atoms with Crippen molar-refractivity contribution in [3.8, 4) is 0 Å². The van der Waals surface area contributed by atoms with Crippen LogP contribution in [0.3, 0.4) is 0 Å². The van der Waals surface area contributed by atoms with Crippen LogP contribution >= 0.6 is 0 Å². The van der Waals surface area contributed by atoms with Crippen molar-refractivity contribution in [2.75, 3.05) is 14.2 Å². The lowest BCUT2D eigenvalue weighted by molar-refractivity contribution is -0.134. The molecule has 0 aliphatic heterocycles. The van der Waals surface area contributed by atoms with Gasteiger partial charge < -0.3 is 13.9 Å². The van der Waals surface area contributed by atoms with Crippen molar-refractivity contribution in [3.05, 3.63) is 29.2 Å². The summed E-state index contributed by atoms with van der Waals surface area (Å²) in [5.74, 6) is -0.515. The summed E-state index contributed by atoms with van der Waals surface area (Å²) in [6, 6.07) is 1.63. The van der Waals surface area contributed by atoms with E-state index in [0.29, 0.717) is 11.3 Å². The number of methoxy groups -OCH3 is 2. The van der Waals surface area contributed by atoms with Gasteiger partial charge in [-0.2, -0.15) is 0 Å². The van der Waals surface area contributed by atoms with Gasteiger partial charge >= 0.3 is 11.9 Å². The van der Waals surface area contributed by atoms with Crippen LogP contribution in [0.15, 0.2) is 16.6 Å². The van der Waals surface area contributed by atoms with E-state index >= 15 is 0 Å². The van der Waals surface area contributed by atoms with Gasteiger partial charge in [-0.3, -0.25) is 0 Å². The Morgan fingerprint density at radius 2 is 2.00 bits per heavy atom. The third kappa shape index (κ3) is 2.73. The molecule has 0 saturated carbocycles. The van der Waals surface area contributed by atoms with Gasteiger partial charge in [0.25, 0.3) is 0 Å². The molecule has 86 valence electrons. The summed E-state index contributed by atoms with van der Waals surface area (Å²) in [6.45, 7) is 1.71. The minimum atomic E-state index is -0.546. The Balaban J connectivity index is 2.89. The number of furan rings is 1. The van der Waals surface area contributed by atoms with E-state index in [-0.39, 0.29) is 5.76 Å². The molecule has 0 aliphatic rings. The Morgan fingerprint density at radius 1 is 1.31 bits per heavy atom. The first-order chi connectivity index (χ1) is 7.58. The van der Waals surface area contributed by atoms with Crippen LogP contribution in [0.4, 0.5) is 0 Å². The second-order valence-electron chi connectivity index (χ2n) is 3.01. The third-order valence-corrected chi connectivity index (χ3v) is 1.89. The lowest BCUT2D eigenvalue weighted by Crippen LogP contribution is -2.00. The number of carbonyl (C=O) groups excluding carboxylic acids is 2. The zero-order valence-corrected chi connectivity index (χ0v) is 9.27. The Bertz CT molecular complexity index is 428. The SMILES string of the molecule is COC(=O)/C=C/c1cc(C)c(C(=O)OC)o1. The fraction of sp³-hybridized carbons (Fsp3) is 0.273. The molecule has 0 aliphatic carbocycles. The molecule has 0 bridgehead atoms. The van der Waals surface area contributed by atoms with Crippen LogP contribution < -0.4 is 0 Å². The summed E-state index contributed by atoms with van der Waals surface area (Å²) in [6.07, 6.45) is 2.63. The number of aryl methyl sites for hydroxylation is 1. The van der Waals surface area contributed by atoms with E-state index in [1.54, 1.807) is 13.0 Å². The maximum absolute atomic E-state index is 11.2. The van der Waals surface area contributed by atoms with Crippen molar-refractivity contribution in [2.45, 2.75) is 6.92 Å². The van der Waals surface area contributed by atoms with E-state index in [4.69, 9.17) is 4.42 Å². The topological polar surface area (TPSA) is 65.7 Å². The molecular formula is C11H12O5. The number of rotatable bonds is 3. The second kappa shape index (κ2) is 5.16. The van der Waals surface area contributed by atoms with E-state index in [2.05, 4.69) is 9.47 Å². The lowest BCUT2D eigenvalue weighted by Gasteiger charge is -1.94. The summed E-state index contributed by atoms with van der Waals surface area (Å²) >= 11 is 0. The number of ether oxygens (including phenoxy) is 2. The second-order valence-corrected chi connectivity index (χ2v) is 3.01. The first kappa shape index (κ1) is 12.0. The van der Waals surface area contributed by atoms with Crippen LogP contribution in [0.5, 0.6) is 0 Å². The summed E-state index contributed by atoms with van der Waals surface area (Å²) < 4.78 is 14.1. The number of carbonyl (C=O) groups is 2. The van der Waals surface area contributed by atoms with Crippen molar-refractivity contribution >= 4 is 18.0 Å². The molecule has 0 radical (unpaired) electrons. The molecule has 0 amide bonds. The molecule has 1 heterocycles. The minimum absolute atomic E-state index is 0.131. The van der Waals surface area contributed by atoms with Crippen LogP contribution in [0.2, 0.25) is 0 Å². The fourth-order valence-electron chi connectivity index (χ4n) is 1.10. The highest BCUT2D eigenvalue weighted by Gasteiger charge is 2.14. The highest BCUT2D eigenvalue weighted by molar-refractivity contribution is 5.89. The van der Waals surface area contributed by atoms with E-state index < -0.39 is 11.9 Å². The molecule has 0 spiro atoms. The van der Waals surface area contributed by atoms with Crippen LogP contribution in [-0.4, -0.2) is 26.2 Å². The average molecular weight is 224 g/mol. The van der Waals surface area contributed by atoms with Crippen molar-refractivity contribution in [3.63, 3.8) is 0 Å². The molecule has 5 nitrogen and oxygen atoms in total. The zero-order valence-electron chi connectivity index (χ0n) is 9.27. The van der Waals surface area contributed by atoms with Crippen molar-refractivity contribution in [1.29, 1.82) is 0 Å².